The Balaban J connectivity index is 1.69. The topological polar surface area (TPSA) is 72.7 Å². The van der Waals surface area contributed by atoms with E-state index in [0.717, 1.165) is 0 Å². The Kier molecular flexibility index (Phi) is 4.37. The average molecular weight is 311 g/mol. The van der Waals surface area contributed by atoms with Crippen LogP contribution in [0, 0.1) is 5.82 Å². The molecule has 0 saturated carbocycles. The van der Waals surface area contributed by atoms with Gasteiger partial charge < -0.3 is 5.32 Å². The second kappa shape index (κ2) is 6.78. The van der Waals surface area contributed by atoms with Crippen LogP contribution in [0.25, 0.3) is 5.69 Å². The number of halogens is 1. The van der Waals surface area contributed by atoms with Crippen LogP contribution >= 0.6 is 0 Å². The average Bonchev–Trinajstić information content (AvgIpc) is 3.11. The van der Waals surface area contributed by atoms with Crippen molar-refractivity contribution in [2.24, 2.45) is 0 Å². The molecule has 0 radical (unpaired) electrons. The third kappa shape index (κ3) is 3.39. The molecule has 23 heavy (non-hydrogen) atoms. The molecule has 0 aliphatic rings. The maximum absolute atomic E-state index is 13.5. The van der Waals surface area contributed by atoms with Crippen LogP contribution in [0.5, 0.6) is 0 Å². The first-order valence-corrected chi connectivity index (χ1v) is 7.09. The predicted octanol–water partition coefficient (Wildman–Crippen LogP) is 1.77. The number of hydrogen-bond donors (Lipinski definition) is 1. The van der Waals surface area contributed by atoms with E-state index < -0.39 is 0 Å². The lowest BCUT2D eigenvalue weighted by molar-refractivity contribution is 0.0954. The monoisotopic (exact) mass is 311 g/mol. The Morgan fingerprint density at radius 3 is 2.70 bits per heavy atom. The summed E-state index contributed by atoms with van der Waals surface area (Å²) in [6, 6.07) is 13.5. The van der Waals surface area contributed by atoms with Crippen LogP contribution in [0.15, 0.2) is 54.9 Å². The maximum Gasteiger partial charge on any atom is 0.253 e. The minimum Gasteiger partial charge on any atom is -0.352 e. The molecule has 7 heteroatoms. The number of nitrogens with one attached hydrogen (secondary N) is 1. The van der Waals surface area contributed by atoms with Crippen LogP contribution in [0.2, 0.25) is 0 Å². The van der Waals surface area contributed by atoms with Gasteiger partial charge in [0.25, 0.3) is 5.91 Å². The van der Waals surface area contributed by atoms with Crippen LogP contribution in [0.3, 0.4) is 0 Å². The summed E-state index contributed by atoms with van der Waals surface area (Å²) >= 11 is 0. The van der Waals surface area contributed by atoms with Gasteiger partial charge in [-0.2, -0.15) is 4.68 Å². The van der Waals surface area contributed by atoms with Crippen molar-refractivity contribution in [1.82, 2.24) is 25.5 Å². The molecule has 0 aliphatic heterocycles. The van der Waals surface area contributed by atoms with E-state index in [-0.39, 0.29) is 11.7 Å². The van der Waals surface area contributed by atoms with E-state index in [1.807, 2.05) is 0 Å². The molecule has 1 aromatic heterocycles. The number of benzene rings is 2. The first-order chi connectivity index (χ1) is 11.3. The van der Waals surface area contributed by atoms with Crippen LogP contribution in [0.4, 0.5) is 4.39 Å². The van der Waals surface area contributed by atoms with Gasteiger partial charge in [0, 0.05) is 6.54 Å². The molecule has 116 valence electrons. The van der Waals surface area contributed by atoms with Crippen molar-refractivity contribution < 1.29 is 9.18 Å². The molecule has 0 bridgehead atoms. The minimum absolute atomic E-state index is 0.257. The zero-order chi connectivity index (χ0) is 16.1. The number of carbonyl (C=O) groups is 1. The highest BCUT2D eigenvalue weighted by molar-refractivity contribution is 5.97. The summed E-state index contributed by atoms with van der Waals surface area (Å²) < 4.78 is 15.0. The smallest absolute Gasteiger partial charge is 0.253 e. The molecule has 0 saturated heterocycles. The normalized spacial score (nSPS) is 10.5. The van der Waals surface area contributed by atoms with Gasteiger partial charge in [-0.15, -0.1) is 5.10 Å². The molecule has 3 rings (SSSR count). The third-order valence-electron chi connectivity index (χ3n) is 3.38. The minimum atomic E-state index is -0.268. The summed E-state index contributed by atoms with van der Waals surface area (Å²) in [5.41, 5.74) is 1.61. The van der Waals surface area contributed by atoms with E-state index >= 15 is 0 Å². The number of rotatable bonds is 5. The number of amides is 1. The Hall–Kier alpha value is -3.09. The van der Waals surface area contributed by atoms with Gasteiger partial charge in [0.05, 0.1) is 11.3 Å². The molecule has 1 amide bonds. The first kappa shape index (κ1) is 14.8. The number of tetrazole rings is 1. The summed E-state index contributed by atoms with van der Waals surface area (Å²) in [7, 11) is 0. The van der Waals surface area contributed by atoms with Gasteiger partial charge in [-0.1, -0.05) is 30.3 Å². The second-order valence-corrected chi connectivity index (χ2v) is 4.87. The first-order valence-electron chi connectivity index (χ1n) is 7.09. The zero-order valence-corrected chi connectivity index (χ0v) is 12.2. The number of aromatic nitrogens is 4. The van der Waals surface area contributed by atoms with Crippen molar-refractivity contribution in [2.45, 2.75) is 6.42 Å². The molecule has 1 N–H and O–H groups in total. The van der Waals surface area contributed by atoms with Crippen molar-refractivity contribution in [3.63, 3.8) is 0 Å². The fourth-order valence-electron chi connectivity index (χ4n) is 2.24. The standard InChI is InChI=1S/C16H14FN5O/c17-14-7-3-1-5-12(14)9-10-18-16(23)13-6-2-4-8-15(13)22-11-19-20-21-22/h1-8,11H,9-10H2,(H,18,23). The lowest BCUT2D eigenvalue weighted by Gasteiger charge is -2.09. The molecule has 1 heterocycles. The van der Waals surface area contributed by atoms with E-state index in [0.29, 0.717) is 29.8 Å². The number of carbonyl (C=O) groups excluding carboxylic acids is 1. The van der Waals surface area contributed by atoms with Crippen molar-refractivity contribution in [3.05, 3.63) is 71.8 Å². The van der Waals surface area contributed by atoms with Crippen molar-refractivity contribution in [2.75, 3.05) is 6.54 Å². The zero-order valence-electron chi connectivity index (χ0n) is 12.2. The highest BCUT2D eigenvalue weighted by atomic mass is 19.1. The summed E-state index contributed by atoms with van der Waals surface area (Å²) in [5, 5.41) is 13.7. The SMILES string of the molecule is O=C(NCCc1ccccc1F)c1ccccc1-n1cnnn1. The van der Waals surface area contributed by atoms with Gasteiger partial charge in [0.15, 0.2) is 0 Å². The number of nitrogens with zero attached hydrogens (tertiary/aromatic N) is 4. The molecule has 0 aliphatic carbocycles. The Labute approximate surface area is 132 Å². The maximum atomic E-state index is 13.5. The molecule has 2 aromatic carbocycles. The molecule has 0 spiro atoms. The second-order valence-electron chi connectivity index (χ2n) is 4.87. The van der Waals surface area contributed by atoms with E-state index in [1.54, 1.807) is 42.5 Å². The van der Waals surface area contributed by atoms with E-state index in [1.165, 1.54) is 17.1 Å². The van der Waals surface area contributed by atoms with Crippen molar-refractivity contribution >= 4 is 5.91 Å². The lowest BCUT2D eigenvalue weighted by Crippen LogP contribution is -2.27. The summed E-state index contributed by atoms with van der Waals surface area (Å²) in [6.45, 7) is 0.337. The fraction of sp³-hybridized carbons (Fsp3) is 0.125. The molecule has 0 unspecified atom stereocenters. The quantitative estimate of drug-likeness (QED) is 0.779. The highest BCUT2D eigenvalue weighted by Gasteiger charge is 2.13. The largest absolute Gasteiger partial charge is 0.352 e. The van der Waals surface area contributed by atoms with Gasteiger partial charge in [0.2, 0.25) is 0 Å². The summed E-state index contributed by atoms with van der Waals surface area (Å²) in [4.78, 5) is 12.3. The molecule has 0 fully saturated rings. The third-order valence-corrected chi connectivity index (χ3v) is 3.38. The van der Waals surface area contributed by atoms with Crippen LogP contribution in [-0.4, -0.2) is 32.7 Å². The van der Waals surface area contributed by atoms with E-state index in [2.05, 4.69) is 20.8 Å². The highest BCUT2D eigenvalue weighted by Crippen LogP contribution is 2.12. The van der Waals surface area contributed by atoms with Gasteiger partial charge in [-0.25, -0.2) is 4.39 Å². The molecular weight excluding hydrogens is 297 g/mol. The lowest BCUT2D eigenvalue weighted by atomic mass is 10.1. The fourth-order valence-corrected chi connectivity index (χ4v) is 2.24. The Morgan fingerprint density at radius 1 is 1.13 bits per heavy atom. The number of hydrogen-bond acceptors (Lipinski definition) is 4. The molecule has 6 nitrogen and oxygen atoms in total. The molecule has 3 aromatic rings. The van der Waals surface area contributed by atoms with E-state index in [4.69, 9.17) is 0 Å². The van der Waals surface area contributed by atoms with Gasteiger partial charge in [-0.3, -0.25) is 4.79 Å². The summed E-state index contributed by atoms with van der Waals surface area (Å²) in [6.07, 6.45) is 1.84. The van der Waals surface area contributed by atoms with Crippen LogP contribution in [-0.2, 0) is 6.42 Å². The van der Waals surface area contributed by atoms with Gasteiger partial charge >= 0.3 is 0 Å². The van der Waals surface area contributed by atoms with Crippen molar-refractivity contribution in [3.8, 4) is 5.69 Å². The van der Waals surface area contributed by atoms with E-state index in [9.17, 15) is 9.18 Å². The van der Waals surface area contributed by atoms with Gasteiger partial charge in [0.1, 0.15) is 12.1 Å². The number of para-hydroxylation sites is 1. The van der Waals surface area contributed by atoms with Crippen LogP contribution < -0.4 is 5.32 Å². The Bertz CT molecular complexity index is 804. The molecule has 0 atom stereocenters. The Morgan fingerprint density at radius 2 is 1.91 bits per heavy atom. The predicted molar refractivity (Wildman–Crippen MR) is 81.6 cm³/mol. The van der Waals surface area contributed by atoms with Crippen molar-refractivity contribution in [1.29, 1.82) is 0 Å². The molecular formula is C16H14FN5O. The van der Waals surface area contributed by atoms with Gasteiger partial charge in [-0.05, 0) is 40.6 Å². The van der Waals surface area contributed by atoms with Crippen LogP contribution in [0.1, 0.15) is 15.9 Å². The summed E-state index contributed by atoms with van der Waals surface area (Å²) in [5.74, 6) is -0.525.